The summed E-state index contributed by atoms with van der Waals surface area (Å²) in [7, 11) is 0. The smallest absolute Gasteiger partial charge is 0.259 e. The zero-order valence-corrected chi connectivity index (χ0v) is 16.8. The second-order valence-electron chi connectivity index (χ2n) is 6.80. The van der Waals surface area contributed by atoms with Gasteiger partial charge in [0.2, 0.25) is 0 Å². The van der Waals surface area contributed by atoms with E-state index in [4.69, 9.17) is 4.74 Å². The van der Waals surface area contributed by atoms with E-state index in [1.807, 2.05) is 85.8 Å². The van der Waals surface area contributed by atoms with E-state index in [-0.39, 0.29) is 12.5 Å². The lowest BCUT2D eigenvalue weighted by Gasteiger charge is -2.10. The van der Waals surface area contributed by atoms with Crippen LogP contribution in [0.15, 0.2) is 84.0 Å². The van der Waals surface area contributed by atoms with E-state index in [1.54, 1.807) is 6.21 Å². The highest BCUT2D eigenvalue weighted by Gasteiger charge is 2.07. The molecule has 0 fully saturated rings. The highest BCUT2D eigenvalue weighted by Crippen LogP contribution is 2.26. The van der Waals surface area contributed by atoms with E-state index in [0.717, 1.165) is 38.5 Å². The monoisotopic (exact) mass is 397 g/mol. The Morgan fingerprint density at radius 3 is 2.40 bits per heavy atom. The second kappa shape index (κ2) is 9.09. The van der Waals surface area contributed by atoms with Gasteiger partial charge in [-0.25, -0.2) is 5.43 Å². The average molecular weight is 397 g/mol. The molecule has 2 N–H and O–H groups in total. The molecule has 0 aliphatic heterocycles. The lowest BCUT2D eigenvalue weighted by Crippen LogP contribution is -2.26. The van der Waals surface area contributed by atoms with E-state index in [0.29, 0.717) is 6.61 Å². The number of benzene rings is 4. The van der Waals surface area contributed by atoms with Crippen LogP contribution < -0.4 is 15.5 Å². The lowest BCUT2D eigenvalue weighted by molar-refractivity contribution is -0.119. The van der Waals surface area contributed by atoms with Crippen molar-refractivity contribution in [3.63, 3.8) is 0 Å². The van der Waals surface area contributed by atoms with Gasteiger partial charge < -0.3 is 10.1 Å². The van der Waals surface area contributed by atoms with Crippen molar-refractivity contribution in [2.24, 2.45) is 5.10 Å². The van der Waals surface area contributed by atoms with E-state index < -0.39 is 0 Å². The number of amides is 1. The second-order valence-corrected chi connectivity index (χ2v) is 6.80. The number of nitrogens with zero attached hydrogens (tertiary/aromatic N) is 1. The predicted octanol–water partition coefficient (Wildman–Crippen LogP) is 4.95. The van der Waals surface area contributed by atoms with E-state index >= 15 is 0 Å². The molecule has 1 amide bonds. The van der Waals surface area contributed by atoms with E-state index in [1.165, 1.54) is 0 Å². The molecule has 4 aromatic carbocycles. The molecule has 0 aliphatic carbocycles. The van der Waals surface area contributed by atoms with Crippen LogP contribution in [0.25, 0.3) is 21.5 Å². The molecule has 4 aromatic rings. The molecule has 0 heterocycles. The first-order chi connectivity index (χ1) is 14.8. The Balaban J connectivity index is 1.45. The molecule has 0 unspecified atom stereocenters. The van der Waals surface area contributed by atoms with Gasteiger partial charge in [-0.1, -0.05) is 66.7 Å². The minimum Gasteiger partial charge on any atom is -0.493 e. The number of anilines is 1. The number of hydrogen-bond acceptors (Lipinski definition) is 4. The Hall–Kier alpha value is -3.86. The maximum atomic E-state index is 12.3. The molecule has 0 saturated heterocycles. The summed E-state index contributed by atoms with van der Waals surface area (Å²) in [6, 6.07) is 26.0. The number of fused-ring (bicyclic) bond motifs is 2. The highest BCUT2D eigenvalue weighted by atomic mass is 16.5. The maximum absolute atomic E-state index is 12.3. The summed E-state index contributed by atoms with van der Waals surface area (Å²) in [6.07, 6.45) is 1.64. The van der Waals surface area contributed by atoms with Gasteiger partial charge in [0.05, 0.1) is 19.4 Å². The average Bonchev–Trinajstić information content (AvgIpc) is 2.79. The Kier molecular flexibility index (Phi) is 5.90. The van der Waals surface area contributed by atoms with Crippen LogP contribution in [0.1, 0.15) is 12.5 Å². The molecule has 0 atom stereocenters. The molecule has 150 valence electrons. The van der Waals surface area contributed by atoms with Gasteiger partial charge in [0.25, 0.3) is 5.91 Å². The van der Waals surface area contributed by atoms with E-state index in [2.05, 4.69) is 15.8 Å². The van der Waals surface area contributed by atoms with Gasteiger partial charge in [0, 0.05) is 16.6 Å². The molecular formula is C25H23N3O2. The van der Waals surface area contributed by atoms with Gasteiger partial charge in [-0.15, -0.1) is 0 Å². The first-order valence-electron chi connectivity index (χ1n) is 9.94. The summed E-state index contributed by atoms with van der Waals surface area (Å²) in [5.74, 6) is 0.514. The number of hydrogen-bond donors (Lipinski definition) is 2. The van der Waals surface area contributed by atoms with Crippen molar-refractivity contribution < 1.29 is 9.53 Å². The molecule has 0 aromatic heterocycles. The fourth-order valence-electron chi connectivity index (χ4n) is 3.45. The number of nitrogens with one attached hydrogen (secondary N) is 2. The Labute approximate surface area is 175 Å². The summed E-state index contributed by atoms with van der Waals surface area (Å²) < 4.78 is 5.73. The van der Waals surface area contributed by atoms with Crippen LogP contribution in [0.5, 0.6) is 5.75 Å². The topological polar surface area (TPSA) is 62.7 Å². The zero-order chi connectivity index (χ0) is 20.8. The van der Waals surface area contributed by atoms with Crippen LogP contribution >= 0.6 is 0 Å². The third-order valence-corrected chi connectivity index (χ3v) is 4.84. The molecular weight excluding hydrogens is 374 g/mol. The molecule has 4 rings (SSSR count). The molecule has 0 spiro atoms. The predicted molar refractivity (Wildman–Crippen MR) is 123 cm³/mol. The fraction of sp³-hybridized carbons (Fsp3) is 0.120. The van der Waals surface area contributed by atoms with Crippen LogP contribution in [0.4, 0.5) is 5.69 Å². The van der Waals surface area contributed by atoms with Crippen molar-refractivity contribution in [3.8, 4) is 5.75 Å². The first-order valence-corrected chi connectivity index (χ1v) is 9.94. The molecule has 0 bridgehead atoms. The SMILES string of the molecule is CCOc1ccc2ccccc2c1/C=N/NC(=O)CNc1cccc2ccccc12. The van der Waals surface area contributed by atoms with Crippen LogP contribution in [0.2, 0.25) is 0 Å². The van der Waals surface area contributed by atoms with E-state index in [9.17, 15) is 4.79 Å². The molecule has 0 aliphatic rings. The molecule has 30 heavy (non-hydrogen) atoms. The molecule has 5 nitrogen and oxygen atoms in total. The van der Waals surface area contributed by atoms with Gasteiger partial charge >= 0.3 is 0 Å². The Morgan fingerprint density at radius 2 is 1.60 bits per heavy atom. The van der Waals surface area contributed by atoms with Crippen molar-refractivity contribution in [1.29, 1.82) is 0 Å². The van der Waals surface area contributed by atoms with Crippen LogP contribution in [-0.4, -0.2) is 25.3 Å². The van der Waals surface area contributed by atoms with Gasteiger partial charge in [0.1, 0.15) is 5.75 Å². The fourth-order valence-corrected chi connectivity index (χ4v) is 3.45. The van der Waals surface area contributed by atoms with Crippen molar-refractivity contribution in [3.05, 3.63) is 84.4 Å². The third kappa shape index (κ3) is 4.25. The minimum atomic E-state index is -0.225. The Morgan fingerprint density at radius 1 is 0.900 bits per heavy atom. The molecule has 0 saturated carbocycles. The number of ether oxygens (including phenoxy) is 1. The largest absolute Gasteiger partial charge is 0.493 e. The van der Waals surface area contributed by atoms with Crippen LogP contribution in [0.3, 0.4) is 0 Å². The van der Waals surface area contributed by atoms with Gasteiger partial charge in [-0.05, 0) is 35.2 Å². The quantitative estimate of drug-likeness (QED) is 0.342. The van der Waals surface area contributed by atoms with Crippen LogP contribution in [0, 0.1) is 0 Å². The first kappa shape index (κ1) is 19.5. The number of carbonyl (C=O) groups is 1. The number of carbonyl (C=O) groups excluding carboxylic acids is 1. The Bertz CT molecular complexity index is 1210. The summed E-state index contributed by atoms with van der Waals surface area (Å²) in [6.45, 7) is 2.62. The maximum Gasteiger partial charge on any atom is 0.259 e. The minimum absolute atomic E-state index is 0.124. The van der Waals surface area contributed by atoms with Gasteiger partial charge in [0.15, 0.2) is 0 Å². The van der Waals surface area contributed by atoms with Crippen molar-refractivity contribution in [2.45, 2.75) is 6.92 Å². The number of rotatable bonds is 7. The van der Waals surface area contributed by atoms with Crippen LogP contribution in [-0.2, 0) is 4.79 Å². The summed E-state index contributed by atoms with van der Waals surface area (Å²) in [5.41, 5.74) is 4.36. The third-order valence-electron chi connectivity index (χ3n) is 4.84. The van der Waals surface area contributed by atoms with Gasteiger partial charge in [-0.2, -0.15) is 5.10 Å². The highest BCUT2D eigenvalue weighted by molar-refractivity contribution is 6.03. The molecule has 5 heteroatoms. The number of hydrazone groups is 1. The standard InChI is InChI=1S/C25H23N3O2/c1-2-30-24-15-14-19-9-3-5-11-20(19)22(24)16-27-28-25(29)17-26-23-13-7-10-18-8-4-6-12-21(18)23/h3-16,26H,2,17H2,1H3,(H,28,29)/b27-16+. The zero-order valence-electron chi connectivity index (χ0n) is 16.8. The normalized spacial score (nSPS) is 11.1. The summed E-state index contributed by atoms with van der Waals surface area (Å²) in [5, 5.41) is 11.7. The molecule has 0 radical (unpaired) electrons. The van der Waals surface area contributed by atoms with Crippen molar-refractivity contribution >= 4 is 39.4 Å². The van der Waals surface area contributed by atoms with Crippen molar-refractivity contribution in [1.82, 2.24) is 5.43 Å². The van der Waals surface area contributed by atoms with Crippen molar-refractivity contribution in [2.75, 3.05) is 18.5 Å². The summed E-state index contributed by atoms with van der Waals surface area (Å²) >= 11 is 0. The summed E-state index contributed by atoms with van der Waals surface area (Å²) in [4.78, 5) is 12.3. The van der Waals surface area contributed by atoms with Gasteiger partial charge in [-0.3, -0.25) is 4.79 Å². The lowest BCUT2D eigenvalue weighted by atomic mass is 10.0.